The van der Waals surface area contributed by atoms with E-state index in [-0.39, 0.29) is 6.61 Å². The molecule has 16 heavy (non-hydrogen) atoms. The zero-order valence-corrected chi connectivity index (χ0v) is 9.91. The highest BCUT2D eigenvalue weighted by molar-refractivity contribution is 5.46. The number of aryl methyl sites for hydroxylation is 1. The number of fused-ring (bicyclic) bond motifs is 1. The van der Waals surface area contributed by atoms with E-state index in [1.54, 1.807) is 0 Å². The molecule has 2 nitrogen and oxygen atoms in total. The SMILES string of the molecule is CCCC1CCc2cccc(OCCO)c21. The molecule has 0 amide bonds. The number of benzene rings is 1. The Morgan fingerprint density at radius 2 is 2.31 bits per heavy atom. The number of rotatable bonds is 5. The van der Waals surface area contributed by atoms with Gasteiger partial charge < -0.3 is 9.84 Å². The van der Waals surface area contributed by atoms with Crippen LogP contribution < -0.4 is 4.74 Å². The molecule has 0 aliphatic heterocycles. The lowest BCUT2D eigenvalue weighted by Gasteiger charge is -2.15. The van der Waals surface area contributed by atoms with Crippen molar-refractivity contribution in [3.05, 3.63) is 29.3 Å². The number of aliphatic hydroxyl groups excluding tert-OH is 1. The van der Waals surface area contributed by atoms with E-state index in [4.69, 9.17) is 9.84 Å². The van der Waals surface area contributed by atoms with Crippen molar-refractivity contribution in [2.75, 3.05) is 13.2 Å². The maximum atomic E-state index is 8.82. The Hall–Kier alpha value is -1.02. The number of aliphatic hydroxyl groups is 1. The lowest BCUT2D eigenvalue weighted by Crippen LogP contribution is -2.05. The van der Waals surface area contributed by atoms with Crippen LogP contribution in [0.25, 0.3) is 0 Å². The van der Waals surface area contributed by atoms with Crippen molar-refractivity contribution in [1.29, 1.82) is 0 Å². The normalized spacial score (nSPS) is 18.5. The predicted molar refractivity (Wildman–Crippen MR) is 65.0 cm³/mol. The Morgan fingerprint density at radius 3 is 3.06 bits per heavy atom. The van der Waals surface area contributed by atoms with Crippen molar-refractivity contribution >= 4 is 0 Å². The summed E-state index contributed by atoms with van der Waals surface area (Å²) in [5.41, 5.74) is 2.84. The van der Waals surface area contributed by atoms with Gasteiger partial charge in [0.2, 0.25) is 0 Å². The Labute approximate surface area is 97.3 Å². The van der Waals surface area contributed by atoms with Gasteiger partial charge in [-0.2, -0.15) is 0 Å². The third-order valence-corrected chi connectivity index (χ3v) is 3.31. The minimum absolute atomic E-state index is 0.0854. The lowest BCUT2D eigenvalue weighted by molar-refractivity contribution is 0.200. The van der Waals surface area contributed by atoms with Crippen LogP contribution in [0.4, 0.5) is 0 Å². The number of ether oxygens (including phenoxy) is 1. The number of hydrogen-bond acceptors (Lipinski definition) is 2. The van der Waals surface area contributed by atoms with E-state index in [9.17, 15) is 0 Å². The van der Waals surface area contributed by atoms with Gasteiger partial charge in [0.05, 0.1) is 6.61 Å². The first-order valence-electron chi connectivity index (χ1n) is 6.22. The van der Waals surface area contributed by atoms with Crippen molar-refractivity contribution in [1.82, 2.24) is 0 Å². The molecule has 1 aromatic rings. The van der Waals surface area contributed by atoms with Gasteiger partial charge >= 0.3 is 0 Å². The van der Waals surface area contributed by atoms with Crippen LogP contribution in [0.15, 0.2) is 18.2 Å². The fourth-order valence-corrected chi connectivity index (χ4v) is 2.66. The van der Waals surface area contributed by atoms with E-state index < -0.39 is 0 Å². The summed E-state index contributed by atoms with van der Waals surface area (Å²) < 4.78 is 5.62. The molecule has 0 spiro atoms. The van der Waals surface area contributed by atoms with Crippen LogP contribution >= 0.6 is 0 Å². The largest absolute Gasteiger partial charge is 0.491 e. The van der Waals surface area contributed by atoms with Crippen LogP contribution in [0, 0.1) is 0 Å². The topological polar surface area (TPSA) is 29.5 Å². The average molecular weight is 220 g/mol. The molecule has 0 saturated heterocycles. The summed E-state index contributed by atoms with van der Waals surface area (Å²) in [7, 11) is 0. The van der Waals surface area contributed by atoms with Crippen molar-refractivity contribution in [3.63, 3.8) is 0 Å². The molecular formula is C14H20O2. The van der Waals surface area contributed by atoms with E-state index in [1.165, 1.54) is 36.8 Å². The van der Waals surface area contributed by atoms with Gasteiger partial charge in [-0.25, -0.2) is 0 Å². The molecular weight excluding hydrogens is 200 g/mol. The minimum atomic E-state index is 0.0854. The van der Waals surface area contributed by atoms with Crippen molar-refractivity contribution in [3.8, 4) is 5.75 Å². The Bertz CT molecular complexity index is 345. The van der Waals surface area contributed by atoms with Gasteiger partial charge in [0.1, 0.15) is 12.4 Å². The first-order chi connectivity index (χ1) is 7.86. The van der Waals surface area contributed by atoms with Gasteiger partial charge in [0, 0.05) is 5.56 Å². The van der Waals surface area contributed by atoms with Crippen LogP contribution in [0.2, 0.25) is 0 Å². The second kappa shape index (κ2) is 5.35. The molecule has 1 N–H and O–H groups in total. The molecule has 88 valence electrons. The Balaban J connectivity index is 2.22. The molecule has 1 aliphatic rings. The third kappa shape index (κ3) is 2.22. The summed E-state index contributed by atoms with van der Waals surface area (Å²) in [6.45, 7) is 2.71. The molecule has 1 atom stereocenters. The summed E-state index contributed by atoms with van der Waals surface area (Å²) in [6, 6.07) is 6.29. The molecule has 0 saturated carbocycles. The van der Waals surface area contributed by atoms with E-state index >= 15 is 0 Å². The molecule has 0 radical (unpaired) electrons. The summed E-state index contributed by atoms with van der Waals surface area (Å²) in [4.78, 5) is 0. The summed E-state index contributed by atoms with van der Waals surface area (Å²) in [6.07, 6.45) is 4.89. The number of hydrogen-bond donors (Lipinski definition) is 1. The van der Waals surface area contributed by atoms with Crippen LogP contribution in [0.5, 0.6) is 5.75 Å². The Morgan fingerprint density at radius 1 is 1.44 bits per heavy atom. The first kappa shape index (κ1) is 11.5. The standard InChI is InChI=1S/C14H20O2/c1-2-4-11-7-8-12-5-3-6-13(14(11)12)16-10-9-15/h3,5-6,11,15H,2,4,7-10H2,1H3. The van der Waals surface area contributed by atoms with Gasteiger partial charge in [-0.1, -0.05) is 25.5 Å². The van der Waals surface area contributed by atoms with Crippen LogP contribution in [-0.2, 0) is 6.42 Å². The molecule has 0 bridgehead atoms. The highest BCUT2D eigenvalue weighted by atomic mass is 16.5. The van der Waals surface area contributed by atoms with Gasteiger partial charge in [-0.05, 0) is 36.8 Å². The monoisotopic (exact) mass is 220 g/mol. The van der Waals surface area contributed by atoms with Crippen LogP contribution in [-0.4, -0.2) is 18.3 Å². The Kier molecular flexibility index (Phi) is 3.83. The van der Waals surface area contributed by atoms with Crippen molar-refractivity contribution in [2.45, 2.75) is 38.5 Å². The maximum absolute atomic E-state index is 8.82. The second-order valence-electron chi connectivity index (χ2n) is 4.43. The smallest absolute Gasteiger partial charge is 0.123 e. The van der Waals surface area contributed by atoms with E-state index in [0.717, 1.165) is 5.75 Å². The lowest BCUT2D eigenvalue weighted by atomic mass is 9.96. The summed E-state index contributed by atoms with van der Waals surface area (Å²) >= 11 is 0. The molecule has 1 aliphatic carbocycles. The van der Waals surface area contributed by atoms with Gasteiger partial charge in [-0.3, -0.25) is 0 Å². The summed E-state index contributed by atoms with van der Waals surface area (Å²) in [5, 5.41) is 8.82. The van der Waals surface area contributed by atoms with E-state index in [2.05, 4.69) is 19.1 Å². The molecule has 0 heterocycles. The molecule has 0 fully saturated rings. The minimum Gasteiger partial charge on any atom is -0.491 e. The maximum Gasteiger partial charge on any atom is 0.123 e. The van der Waals surface area contributed by atoms with Crippen molar-refractivity contribution in [2.24, 2.45) is 0 Å². The molecule has 1 aromatic carbocycles. The molecule has 0 aromatic heterocycles. The van der Waals surface area contributed by atoms with E-state index in [1.807, 2.05) is 6.07 Å². The molecule has 2 rings (SSSR count). The third-order valence-electron chi connectivity index (χ3n) is 3.31. The summed E-state index contributed by atoms with van der Waals surface area (Å²) in [5.74, 6) is 1.65. The zero-order chi connectivity index (χ0) is 11.4. The quantitative estimate of drug-likeness (QED) is 0.826. The van der Waals surface area contributed by atoms with Crippen molar-refractivity contribution < 1.29 is 9.84 Å². The van der Waals surface area contributed by atoms with Gasteiger partial charge in [0.25, 0.3) is 0 Å². The van der Waals surface area contributed by atoms with Gasteiger partial charge in [0.15, 0.2) is 0 Å². The van der Waals surface area contributed by atoms with Gasteiger partial charge in [-0.15, -0.1) is 0 Å². The second-order valence-corrected chi connectivity index (χ2v) is 4.43. The fraction of sp³-hybridized carbons (Fsp3) is 0.571. The van der Waals surface area contributed by atoms with E-state index in [0.29, 0.717) is 12.5 Å². The highest BCUT2D eigenvalue weighted by Gasteiger charge is 2.25. The highest BCUT2D eigenvalue weighted by Crippen LogP contribution is 2.41. The molecule has 1 unspecified atom stereocenters. The fourth-order valence-electron chi connectivity index (χ4n) is 2.66. The van der Waals surface area contributed by atoms with Crippen LogP contribution in [0.1, 0.15) is 43.2 Å². The van der Waals surface area contributed by atoms with Crippen LogP contribution in [0.3, 0.4) is 0 Å². The predicted octanol–water partition coefficient (Wildman–Crippen LogP) is 2.89. The first-order valence-corrected chi connectivity index (χ1v) is 6.22. The zero-order valence-electron chi connectivity index (χ0n) is 9.91. The molecule has 2 heteroatoms. The average Bonchev–Trinajstić information content (AvgIpc) is 2.71.